The van der Waals surface area contributed by atoms with E-state index in [1.165, 1.54) is 23.3 Å². The van der Waals surface area contributed by atoms with Gasteiger partial charge in [0.25, 0.3) is 0 Å². The van der Waals surface area contributed by atoms with Gasteiger partial charge in [0, 0.05) is 6.20 Å². The zero-order chi connectivity index (χ0) is 13.0. The summed E-state index contributed by atoms with van der Waals surface area (Å²) in [6, 6.07) is 3.48. The maximum Gasteiger partial charge on any atom is 0.338 e. The predicted molar refractivity (Wildman–Crippen MR) is 59.7 cm³/mol. The van der Waals surface area contributed by atoms with Gasteiger partial charge in [-0.1, -0.05) is 0 Å². The molecule has 1 amide bonds. The van der Waals surface area contributed by atoms with Crippen LogP contribution in [-0.2, 0) is 17.9 Å². The first-order valence-corrected chi connectivity index (χ1v) is 5.20. The number of amides is 1. The molecule has 0 aromatic carbocycles. The van der Waals surface area contributed by atoms with E-state index in [0.29, 0.717) is 12.3 Å². The van der Waals surface area contributed by atoms with Crippen LogP contribution in [0.1, 0.15) is 16.1 Å². The van der Waals surface area contributed by atoms with Crippen molar-refractivity contribution < 1.29 is 19.1 Å². The minimum atomic E-state index is -1.07. The van der Waals surface area contributed by atoms with Gasteiger partial charge in [-0.05, 0) is 12.1 Å². The van der Waals surface area contributed by atoms with E-state index in [1.807, 2.05) is 0 Å². The van der Waals surface area contributed by atoms with Crippen LogP contribution in [-0.4, -0.2) is 26.8 Å². The smallest absolute Gasteiger partial charge is 0.338 e. The van der Waals surface area contributed by atoms with Crippen LogP contribution >= 0.6 is 0 Å². The lowest BCUT2D eigenvalue weighted by Gasteiger charge is -2.03. The van der Waals surface area contributed by atoms with E-state index in [1.54, 1.807) is 12.1 Å². The highest BCUT2D eigenvalue weighted by atomic mass is 16.4. The van der Waals surface area contributed by atoms with E-state index in [0.717, 1.165) is 0 Å². The van der Waals surface area contributed by atoms with Crippen LogP contribution in [0.4, 0.5) is 0 Å². The summed E-state index contributed by atoms with van der Waals surface area (Å²) in [5, 5.41) is 15.1. The maximum absolute atomic E-state index is 11.5. The molecule has 2 aromatic rings. The second-order valence-corrected chi connectivity index (χ2v) is 3.59. The van der Waals surface area contributed by atoms with Gasteiger partial charge in [-0.25, -0.2) is 4.79 Å². The van der Waals surface area contributed by atoms with Gasteiger partial charge in [0.2, 0.25) is 5.91 Å². The molecule has 2 aromatic heterocycles. The molecule has 0 unspecified atom stereocenters. The molecule has 0 bridgehead atoms. The highest BCUT2D eigenvalue weighted by Crippen LogP contribution is 1.99. The van der Waals surface area contributed by atoms with Crippen molar-refractivity contribution in [3.05, 3.63) is 42.1 Å². The molecule has 0 fully saturated rings. The van der Waals surface area contributed by atoms with Crippen LogP contribution in [0.15, 0.2) is 35.2 Å². The number of hydrogen-bond donors (Lipinski definition) is 2. The Hall–Kier alpha value is -2.57. The van der Waals surface area contributed by atoms with Gasteiger partial charge in [0.1, 0.15) is 12.3 Å². The molecule has 7 nitrogen and oxygen atoms in total. The first kappa shape index (κ1) is 11.9. The van der Waals surface area contributed by atoms with E-state index >= 15 is 0 Å². The van der Waals surface area contributed by atoms with Crippen LogP contribution in [0.2, 0.25) is 0 Å². The van der Waals surface area contributed by atoms with Crippen molar-refractivity contribution in [2.24, 2.45) is 0 Å². The summed E-state index contributed by atoms with van der Waals surface area (Å²) in [6.45, 7) is 0.257. The molecule has 2 heterocycles. The van der Waals surface area contributed by atoms with Gasteiger partial charge in [0.05, 0.1) is 24.6 Å². The normalized spacial score (nSPS) is 10.2. The Bertz CT molecular complexity index is 544. The molecular weight excluding hydrogens is 238 g/mol. The molecule has 94 valence electrons. The lowest BCUT2D eigenvalue weighted by Crippen LogP contribution is -2.27. The third-order valence-corrected chi connectivity index (χ3v) is 2.23. The van der Waals surface area contributed by atoms with E-state index in [4.69, 9.17) is 9.52 Å². The Morgan fingerprint density at radius 1 is 1.50 bits per heavy atom. The molecular formula is C11H11N3O4. The Morgan fingerprint density at radius 2 is 2.33 bits per heavy atom. The van der Waals surface area contributed by atoms with Gasteiger partial charge < -0.3 is 14.8 Å². The van der Waals surface area contributed by atoms with Gasteiger partial charge in [-0.3, -0.25) is 9.48 Å². The van der Waals surface area contributed by atoms with Crippen molar-refractivity contribution in [3.63, 3.8) is 0 Å². The Morgan fingerprint density at radius 3 is 2.94 bits per heavy atom. The summed E-state index contributed by atoms with van der Waals surface area (Å²) >= 11 is 0. The fraction of sp³-hybridized carbons (Fsp3) is 0.182. The molecule has 2 N–H and O–H groups in total. The average molecular weight is 249 g/mol. The zero-order valence-corrected chi connectivity index (χ0v) is 9.37. The standard InChI is InChI=1S/C11H11N3O4/c15-10(12-5-9-2-1-3-18-9)7-14-6-8(4-13-14)11(16)17/h1-4,6H,5,7H2,(H,12,15)(H,16,17). The number of carbonyl (C=O) groups is 2. The summed E-state index contributed by atoms with van der Waals surface area (Å²) in [6.07, 6.45) is 4.02. The highest BCUT2D eigenvalue weighted by Gasteiger charge is 2.08. The van der Waals surface area contributed by atoms with E-state index in [9.17, 15) is 9.59 Å². The second-order valence-electron chi connectivity index (χ2n) is 3.59. The van der Waals surface area contributed by atoms with Crippen molar-refractivity contribution in [2.45, 2.75) is 13.1 Å². The molecule has 0 aliphatic heterocycles. The van der Waals surface area contributed by atoms with Crippen molar-refractivity contribution in [3.8, 4) is 0 Å². The minimum Gasteiger partial charge on any atom is -0.478 e. The number of aromatic carboxylic acids is 1. The molecule has 7 heteroatoms. The third kappa shape index (κ3) is 2.97. The number of hydrogen-bond acceptors (Lipinski definition) is 4. The van der Waals surface area contributed by atoms with Gasteiger partial charge >= 0.3 is 5.97 Å². The van der Waals surface area contributed by atoms with Gasteiger partial charge in [-0.15, -0.1) is 0 Å². The van der Waals surface area contributed by atoms with Crippen molar-refractivity contribution in [1.82, 2.24) is 15.1 Å². The number of aromatic nitrogens is 2. The summed E-state index contributed by atoms with van der Waals surface area (Å²) in [5.41, 5.74) is 0.0498. The topological polar surface area (TPSA) is 97.4 Å². The summed E-state index contributed by atoms with van der Waals surface area (Å²) in [5.74, 6) is -0.696. The first-order valence-electron chi connectivity index (χ1n) is 5.20. The molecule has 0 saturated heterocycles. The van der Waals surface area contributed by atoms with Crippen molar-refractivity contribution in [2.75, 3.05) is 0 Å². The fourth-order valence-electron chi connectivity index (χ4n) is 1.36. The van der Waals surface area contributed by atoms with Gasteiger partial charge in [0.15, 0.2) is 0 Å². The molecule has 2 rings (SSSR count). The van der Waals surface area contributed by atoms with Crippen LogP contribution in [0.3, 0.4) is 0 Å². The lowest BCUT2D eigenvalue weighted by molar-refractivity contribution is -0.122. The number of nitrogens with zero attached hydrogens (tertiary/aromatic N) is 2. The zero-order valence-electron chi connectivity index (χ0n) is 9.37. The third-order valence-electron chi connectivity index (χ3n) is 2.23. The number of carboxylic acids is 1. The lowest BCUT2D eigenvalue weighted by atomic mass is 10.4. The molecule has 0 radical (unpaired) electrons. The number of nitrogens with one attached hydrogen (secondary N) is 1. The van der Waals surface area contributed by atoms with Gasteiger partial charge in [-0.2, -0.15) is 5.10 Å². The predicted octanol–water partition coefficient (Wildman–Crippen LogP) is 0.491. The Labute approximate surface area is 102 Å². The quantitative estimate of drug-likeness (QED) is 0.803. The van der Waals surface area contributed by atoms with Crippen LogP contribution in [0.25, 0.3) is 0 Å². The molecule has 0 spiro atoms. The number of carbonyl (C=O) groups excluding carboxylic acids is 1. The fourth-order valence-corrected chi connectivity index (χ4v) is 1.36. The van der Waals surface area contributed by atoms with Crippen LogP contribution in [0.5, 0.6) is 0 Å². The first-order chi connectivity index (χ1) is 8.65. The summed E-state index contributed by atoms with van der Waals surface area (Å²) in [7, 11) is 0. The molecule has 0 saturated carbocycles. The molecule has 18 heavy (non-hydrogen) atoms. The van der Waals surface area contributed by atoms with Crippen molar-refractivity contribution >= 4 is 11.9 Å². The van der Waals surface area contributed by atoms with E-state index in [-0.39, 0.29) is 18.0 Å². The van der Waals surface area contributed by atoms with Crippen molar-refractivity contribution in [1.29, 1.82) is 0 Å². The SMILES string of the molecule is O=C(Cn1cc(C(=O)O)cn1)NCc1ccco1. The highest BCUT2D eigenvalue weighted by molar-refractivity contribution is 5.87. The maximum atomic E-state index is 11.5. The molecule has 0 aliphatic rings. The number of rotatable bonds is 5. The Kier molecular flexibility index (Phi) is 3.42. The van der Waals surface area contributed by atoms with Crippen LogP contribution < -0.4 is 5.32 Å². The summed E-state index contributed by atoms with van der Waals surface area (Å²) in [4.78, 5) is 22.1. The summed E-state index contributed by atoms with van der Waals surface area (Å²) < 4.78 is 6.32. The number of furan rings is 1. The molecule has 0 aliphatic carbocycles. The molecule has 0 atom stereocenters. The number of carboxylic acid groups (broad SMARTS) is 1. The van der Waals surface area contributed by atoms with Crippen LogP contribution in [0, 0.1) is 0 Å². The average Bonchev–Trinajstić information content (AvgIpc) is 2.96. The minimum absolute atomic E-state index is 0.0337. The monoisotopic (exact) mass is 249 g/mol. The van der Waals surface area contributed by atoms with E-state index < -0.39 is 5.97 Å². The van der Waals surface area contributed by atoms with E-state index in [2.05, 4.69) is 10.4 Å². The largest absolute Gasteiger partial charge is 0.478 e. The second kappa shape index (κ2) is 5.17. The Balaban J connectivity index is 1.85.